The van der Waals surface area contributed by atoms with Gasteiger partial charge in [0.05, 0.1) is 0 Å². The van der Waals surface area contributed by atoms with Gasteiger partial charge in [0.2, 0.25) is 0 Å². The van der Waals surface area contributed by atoms with Crippen LogP contribution in [0.25, 0.3) is 11.4 Å². The van der Waals surface area contributed by atoms with Crippen molar-refractivity contribution in [2.24, 2.45) is 0 Å². The molecule has 0 bridgehead atoms. The summed E-state index contributed by atoms with van der Waals surface area (Å²) in [7, 11) is 0. The predicted molar refractivity (Wildman–Crippen MR) is 50.8 cm³/mol. The lowest BCUT2D eigenvalue weighted by Gasteiger charge is -1.93. The van der Waals surface area contributed by atoms with E-state index in [0.717, 1.165) is 5.56 Å². The van der Waals surface area contributed by atoms with Gasteiger partial charge in [0, 0.05) is 10.9 Å². The van der Waals surface area contributed by atoms with Crippen LogP contribution in [0.1, 0.15) is 0 Å². The number of hydrogen-bond acceptors (Lipinski definition) is 4. The summed E-state index contributed by atoms with van der Waals surface area (Å²) in [5.41, 5.74) is 1.03. The summed E-state index contributed by atoms with van der Waals surface area (Å²) in [4.78, 5) is 12.0. The molecule has 0 aromatic carbocycles. The van der Waals surface area contributed by atoms with Gasteiger partial charge in [-0.3, -0.25) is 0 Å². The van der Waals surface area contributed by atoms with Crippen molar-refractivity contribution in [1.82, 2.24) is 15.0 Å². The van der Waals surface area contributed by atoms with Crippen LogP contribution in [0.15, 0.2) is 27.9 Å². The number of aromatic nitrogens is 3. The van der Waals surface area contributed by atoms with Crippen LogP contribution in [0.2, 0.25) is 0 Å². The lowest BCUT2D eigenvalue weighted by molar-refractivity contribution is 1.02. The molecule has 0 aliphatic heterocycles. The van der Waals surface area contributed by atoms with Crippen molar-refractivity contribution >= 4 is 27.3 Å². The van der Waals surface area contributed by atoms with Gasteiger partial charge in [0.25, 0.3) is 0 Å². The Morgan fingerprint density at radius 3 is 2.92 bits per heavy atom. The smallest absolute Gasteiger partial charge is 0.200 e. The molecule has 0 spiro atoms. The van der Waals surface area contributed by atoms with E-state index < -0.39 is 0 Å². The molecule has 0 atom stereocenters. The highest BCUT2D eigenvalue weighted by atomic mass is 79.9. The Morgan fingerprint density at radius 2 is 2.25 bits per heavy atom. The highest BCUT2D eigenvalue weighted by Gasteiger charge is 2.00. The molecule has 0 fully saturated rings. The van der Waals surface area contributed by atoms with E-state index in [1.165, 1.54) is 6.33 Å². The average molecular weight is 242 g/mol. The molecule has 2 rings (SSSR count). The van der Waals surface area contributed by atoms with E-state index in [-0.39, 0.29) is 0 Å². The molecule has 2 aromatic heterocycles. The molecule has 0 N–H and O–H groups in total. The Bertz CT molecular complexity index is 374. The molecule has 2 heterocycles. The third kappa shape index (κ3) is 1.51. The standard InChI is InChI=1S/C7H4BrN3S/c8-7-10-4-9-6(11-7)5-1-2-12-3-5/h1-4H. The first-order valence-corrected chi connectivity index (χ1v) is 4.97. The largest absolute Gasteiger partial charge is 0.216 e. The Morgan fingerprint density at radius 1 is 1.33 bits per heavy atom. The maximum atomic E-state index is 4.12. The van der Waals surface area contributed by atoms with Gasteiger partial charge < -0.3 is 0 Å². The first-order chi connectivity index (χ1) is 5.86. The van der Waals surface area contributed by atoms with E-state index in [9.17, 15) is 0 Å². The molecule has 5 heteroatoms. The minimum Gasteiger partial charge on any atom is -0.216 e. The number of hydrogen-bond donors (Lipinski definition) is 0. The summed E-state index contributed by atoms with van der Waals surface area (Å²) in [6.07, 6.45) is 1.49. The molecule has 0 amide bonds. The van der Waals surface area contributed by atoms with Gasteiger partial charge >= 0.3 is 0 Å². The van der Waals surface area contributed by atoms with Crippen LogP contribution in [0, 0.1) is 0 Å². The van der Waals surface area contributed by atoms with Gasteiger partial charge in [-0.25, -0.2) is 15.0 Å². The molecular weight excluding hydrogens is 238 g/mol. The van der Waals surface area contributed by atoms with Gasteiger partial charge in [-0.2, -0.15) is 11.3 Å². The van der Waals surface area contributed by atoms with E-state index in [1.807, 2.05) is 16.8 Å². The number of thiophene rings is 1. The van der Waals surface area contributed by atoms with Crippen LogP contribution >= 0.6 is 27.3 Å². The zero-order chi connectivity index (χ0) is 8.39. The van der Waals surface area contributed by atoms with Crippen LogP contribution in [-0.2, 0) is 0 Å². The van der Waals surface area contributed by atoms with Crippen molar-refractivity contribution in [3.8, 4) is 11.4 Å². The molecule has 0 aliphatic rings. The quantitative estimate of drug-likeness (QED) is 0.770. The Hall–Kier alpha value is -0.810. The highest BCUT2D eigenvalue weighted by Crippen LogP contribution is 2.17. The van der Waals surface area contributed by atoms with Crippen molar-refractivity contribution < 1.29 is 0 Å². The molecule has 0 radical (unpaired) electrons. The third-order valence-corrected chi connectivity index (χ3v) is 2.39. The number of rotatable bonds is 1. The summed E-state index contributed by atoms with van der Waals surface area (Å²) >= 11 is 4.81. The first kappa shape index (κ1) is 7.82. The molecular formula is C7H4BrN3S. The van der Waals surface area contributed by atoms with Crippen LogP contribution in [0.4, 0.5) is 0 Å². The zero-order valence-electron chi connectivity index (χ0n) is 5.94. The fourth-order valence-electron chi connectivity index (χ4n) is 0.807. The zero-order valence-corrected chi connectivity index (χ0v) is 8.34. The second-order valence-electron chi connectivity index (χ2n) is 2.09. The van der Waals surface area contributed by atoms with E-state index >= 15 is 0 Å². The van der Waals surface area contributed by atoms with Gasteiger partial charge in [-0.15, -0.1) is 0 Å². The highest BCUT2D eigenvalue weighted by molar-refractivity contribution is 9.10. The van der Waals surface area contributed by atoms with Gasteiger partial charge in [0.15, 0.2) is 10.6 Å². The summed E-state index contributed by atoms with van der Waals surface area (Å²) in [6.45, 7) is 0. The summed E-state index contributed by atoms with van der Waals surface area (Å²) in [5.74, 6) is 0.707. The second kappa shape index (κ2) is 3.28. The monoisotopic (exact) mass is 241 g/mol. The van der Waals surface area contributed by atoms with Crippen molar-refractivity contribution in [2.45, 2.75) is 0 Å². The van der Waals surface area contributed by atoms with E-state index in [1.54, 1.807) is 11.3 Å². The fraction of sp³-hybridized carbons (Fsp3) is 0. The Kier molecular flexibility index (Phi) is 2.14. The lowest BCUT2D eigenvalue weighted by Crippen LogP contribution is -1.89. The molecule has 60 valence electrons. The van der Waals surface area contributed by atoms with Crippen molar-refractivity contribution in [3.63, 3.8) is 0 Å². The minimum atomic E-state index is 0.568. The summed E-state index contributed by atoms with van der Waals surface area (Å²) < 4.78 is 0.568. The molecule has 12 heavy (non-hydrogen) atoms. The van der Waals surface area contributed by atoms with Crippen molar-refractivity contribution in [1.29, 1.82) is 0 Å². The molecule has 0 saturated carbocycles. The van der Waals surface area contributed by atoms with E-state index in [4.69, 9.17) is 0 Å². The number of nitrogens with zero attached hydrogens (tertiary/aromatic N) is 3. The molecule has 0 aliphatic carbocycles. The normalized spacial score (nSPS) is 10.1. The Balaban J connectivity index is 2.48. The molecule has 3 nitrogen and oxygen atoms in total. The fourth-order valence-corrected chi connectivity index (χ4v) is 1.70. The lowest BCUT2D eigenvalue weighted by atomic mass is 10.3. The van der Waals surface area contributed by atoms with Crippen molar-refractivity contribution in [3.05, 3.63) is 27.9 Å². The average Bonchev–Trinajstić information content (AvgIpc) is 2.56. The third-order valence-electron chi connectivity index (χ3n) is 1.32. The summed E-state index contributed by atoms with van der Waals surface area (Å²) in [6, 6.07) is 1.98. The van der Waals surface area contributed by atoms with Crippen LogP contribution in [-0.4, -0.2) is 15.0 Å². The topological polar surface area (TPSA) is 38.7 Å². The van der Waals surface area contributed by atoms with Gasteiger partial charge in [-0.05, 0) is 27.4 Å². The van der Waals surface area contributed by atoms with Crippen LogP contribution < -0.4 is 0 Å². The summed E-state index contributed by atoms with van der Waals surface area (Å²) in [5, 5.41) is 3.99. The maximum absolute atomic E-state index is 4.12. The number of halogens is 1. The first-order valence-electron chi connectivity index (χ1n) is 3.23. The van der Waals surface area contributed by atoms with Gasteiger partial charge in [0.1, 0.15) is 6.33 Å². The molecule has 0 saturated heterocycles. The van der Waals surface area contributed by atoms with Crippen LogP contribution in [0.5, 0.6) is 0 Å². The second-order valence-corrected chi connectivity index (χ2v) is 3.58. The Labute approximate surface area is 81.7 Å². The van der Waals surface area contributed by atoms with Crippen molar-refractivity contribution in [2.75, 3.05) is 0 Å². The minimum absolute atomic E-state index is 0.568. The van der Waals surface area contributed by atoms with Crippen LogP contribution in [0.3, 0.4) is 0 Å². The SMILES string of the molecule is Brc1ncnc(-c2ccsc2)n1. The van der Waals surface area contributed by atoms with E-state index in [0.29, 0.717) is 10.6 Å². The predicted octanol–water partition coefficient (Wildman–Crippen LogP) is 2.36. The molecule has 2 aromatic rings. The van der Waals surface area contributed by atoms with E-state index in [2.05, 4.69) is 30.9 Å². The molecule has 0 unspecified atom stereocenters. The van der Waals surface area contributed by atoms with Gasteiger partial charge in [-0.1, -0.05) is 0 Å². The maximum Gasteiger partial charge on any atom is 0.200 e.